The quantitative estimate of drug-likeness (QED) is 0.885. The summed E-state index contributed by atoms with van der Waals surface area (Å²) in [6.07, 6.45) is 4.63. The molecule has 2 aromatic rings. The number of H-pyrrole nitrogens is 1. The maximum Gasteiger partial charge on any atom is 0.274 e. The molecule has 0 spiro atoms. The number of aryl methyl sites for hydroxylation is 1. The van der Waals surface area contributed by atoms with Gasteiger partial charge in [0.25, 0.3) is 5.91 Å². The first-order valence-electron chi connectivity index (χ1n) is 7.36. The van der Waals surface area contributed by atoms with Gasteiger partial charge in [-0.1, -0.05) is 31.2 Å². The highest BCUT2D eigenvalue weighted by Crippen LogP contribution is 2.30. The second-order valence-corrected chi connectivity index (χ2v) is 5.53. The van der Waals surface area contributed by atoms with Crippen molar-refractivity contribution in [1.29, 1.82) is 0 Å². The highest BCUT2D eigenvalue weighted by atomic mass is 16.2. The van der Waals surface area contributed by atoms with Crippen LogP contribution in [0.25, 0.3) is 0 Å². The van der Waals surface area contributed by atoms with Gasteiger partial charge in [0.2, 0.25) is 0 Å². The van der Waals surface area contributed by atoms with E-state index >= 15 is 0 Å². The topological polar surface area (TPSA) is 75.0 Å². The minimum Gasteiger partial charge on any atom is -0.396 e. The third kappa shape index (κ3) is 2.91. The predicted molar refractivity (Wildman–Crippen MR) is 81.7 cm³/mol. The van der Waals surface area contributed by atoms with E-state index in [-0.39, 0.29) is 5.91 Å². The summed E-state index contributed by atoms with van der Waals surface area (Å²) in [5.74, 6) is -0.0629. The average Bonchev–Trinajstić information content (AvgIpc) is 3.26. The third-order valence-corrected chi connectivity index (χ3v) is 3.92. The van der Waals surface area contributed by atoms with Gasteiger partial charge in [0.1, 0.15) is 5.69 Å². The Hall–Kier alpha value is -2.30. The Labute approximate surface area is 124 Å². The molecule has 1 aliphatic rings. The van der Waals surface area contributed by atoms with E-state index in [1.807, 2.05) is 4.90 Å². The first-order valence-corrected chi connectivity index (χ1v) is 7.36. The Kier molecular flexibility index (Phi) is 3.64. The first-order chi connectivity index (χ1) is 10.2. The van der Waals surface area contributed by atoms with Crippen molar-refractivity contribution in [1.82, 2.24) is 15.1 Å². The number of nitrogen functional groups attached to an aromatic ring is 1. The molecule has 110 valence electrons. The summed E-state index contributed by atoms with van der Waals surface area (Å²) in [6, 6.07) is 8.76. The molecule has 0 aliphatic heterocycles. The Bertz CT molecular complexity index is 628. The number of aromatic amines is 1. The zero-order valence-corrected chi connectivity index (χ0v) is 12.2. The van der Waals surface area contributed by atoms with Crippen LogP contribution in [0.2, 0.25) is 0 Å². The summed E-state index contributed by atoms with van der Waals surface area (Å²) in [7, 11) is 0. The smallest absolute Gasteiger partial charge is 0.274 e. The molecular formula is C16H20N4O. The average molecular weight is 284 g/mol. The largest absolute Gasteiger partial charge is 0.396 e. The molecule has 1 amide bonds. The molecule has 21 heavy (non-hydrogen) atoms. The number of nitrogens with zero attached hydrogens (tertiary/aromatic N) is 2. The molecule has 1 aliphatic carbocycles. The number of carbonyl (C=O) groups is 1. The van der Waals surface area contributed by atoms with Crippen LogP contribution in [-0.4, -0.2) is 27.0 Å². The number of hydrogen-bond acceptors (Lipinski definition) is 3. The van der Waals surface area contributed by atoms with Crippen LogP contribution in [0, 0.1) is 0 Å². The van der Waals surface area contributed by atoms with E-state index in [0.717, 1.165) is 24.8 Å². The van der Waals surface area contributed by atoms with Crippen LogP contribution in [0.4, 0.5) is 5.69 Å². The van der Waals surface area contributed by atoms with Crippen molar-refractivity contribution in [3.8, 4) is 0 Å². The lowest BCUT2D eigenvalue weighted by molar-refractivity contribution is 0.0725. The van der Waals surface area contributed by atoms with Crippen LogP contribution in [0.3, 0.4) is 0 Å². The van der Waals surface area contributed by atoms with Crippen LogP contribution in [0.5, 0.6) is 0 Å². The zero-order valence-electron chi connectivity index (χ0n) is 12.2. The molecule has 0 radical (unpaired) electrons. The molecule has 0 atom stereocenters. The van der Waals surface area contributed by atoms with Crippen LogP contribution in [0.15, 0.2) is 30.5 Å². The van der Waals surface area contributed by atoms with Gasteiger partial charge in [-0.3, -0.25) is 9.89 Å². The number of anilines is 1. The van der Waals surface area contributed by atoms with Crippen LogP contribution in [0.1, 0.15) is 41.4 Å². The van der Waals surface area contributed by atoms with Gasteiger partial charge < -0.3 is 10.6 Å². The Morgan fingerprint density at radius 2 is 2.00 bits per heavy atom. The summed E-state index contributed by atoms with van der Waals surface area (Å²) in [5, 5.41) is 6.54. The molecule has 1 fully saturated rings. The summed E-state index contributed by atoms with van der Waals surface area (Å²) in [4.78, 5) is 14.5. The predicted octanol–water partition coefficient (Wildman–Crippen LogP) is 2.36. The molecule has 1 aromatic carbocycles. The number of nitrogens with one attached hydrogen (secondary N) is 1. The second kappa shape index (κ2) is 5.60. The molecule has 3 N–H and O–H groups in total. The number of aromatic nitrogens is 2. The number of nitrogens with two attached hydrogens (primary N) is 1. The molecule has 5 heteroatoms. The molecule has 0 saturated heterocycles. The molecule has 0 bridgehead atoms. The molecule has 1 saturated carbocycles. The zero-order chi connectivity index (χ0) is 14.8. The van der Waals surface area contributed by atoms with E-state index in [4.69, 9.17) is 5.73 Å². The highest BCUT2D eigenvalue weighted by molar-refractivity contribution is 5.97. The SMILES string of the molecule is CCc1ccc(CN(C(=O)c2[nH]ncc2N)C2CC2)cc1. The number of benzene rings is 1. The second-order valence-electron chi connectivity index (χ2n) is 5.53. The Balaban J connectivity index is 1.78. The minimum atomic E-state index is -0.0629. The number of carbonyl (C=O) groups excluding carboxylic acids is 1. The van der Waals surface area contributed by atoms with Gasteiger partial charge in [0, 0.05) is 12.6 Å². The Morgan fingerprint density at radius 3 is 2.52 bits per heavy atom. The van der Waals surface area contributed by atoms with Gasteiger partial charge in [0.15, 0.2) is 0 Å². The van der Waals surface area contributed by atoms with Gasteiger partial charge >= 0.3 is 0 Å². The fourth-order valence-electron chi connectivity index (χ4n) is 2.44. The summed E-state index contributed by atoms with van der Waals surface area (Å²) < 4.78 is 0. The Morgan fingerprint density at radius 1 is 1.33 bits per heavy atom. The van der Waals surface area contributed by atoms with Crippen molar-refractivity contribution in [3.63, 3.8) is 0 Å². The lowest BCUT2D eigenvalue weighted by atomic mass is 10.1. The molecule has 1 aromatic heterocycles. The number of rotatable bonds is 5. The van der Waals surface area contributed by atoms with Crippen molar-refractivity contribution < 1.29 is 4.79 Å². The van der Waals surface area contributed by atoms with Gasteiger partial charge in [-0.05, 0) is 30.4 Å². The third-order valence-electron chi connectivity index (χ3n) is 3.92. The fourth-order valence-corrected chi connectivity index (χ4v) is 2.44. The summed E-state index contributed by atoms with van der Waals surface area (Å²) in [6.45, 7) is 2.75. The molecule has 3 rings (SSSR count). The molecular weight excluding hydrogens is 264 g/mol. The van der Waals surface area contributed by atoms with E-state index in [0.29, 0.717) is 24.0 Å². The van der Waals surface area contributed by atoms with Crippen molar-refractivity contribution in [3.05, 3.63) is 47.3 Å². The summed E-state index contributed by atoms with van der Waals surface area (Å²) in [5.41, 5.74) is 9.04. The van der Waals surface area contributed by atoms with Gasteiger partial charge in [-0.25, -0.2) is 0 Å². The van der Waals surface area contributed by atoms with E-state index in [1.54, 1.807) is 0 Å². The van der Waals surface area contributed by atoms with Gasteiger partial charge in [0.05, 0.1) is 11.9 Å². The van der Waals surface area contributed by atoms with Gasteiger partial charge in [-0.2, -0.15) is 5.10 Å². The fraction of sp³-hybridized carbons (Fsp3) is 0.375. The van der Waals surface area contributed by atoms with E-state index in [1.165, 1.54) is 11.8 Å². The molecule has 5 nitrogen and oxygen atoms in total. The van der Waals surface area contributed by atoms with Crippen LogP contribution in [-0.2, 0) is 13.0 Å². The van der Waals surface area contributed by atoms with E-state index < -0.39 is 0 Å². The van der Waals surface area contributed by atoms with Crippen molar-refractivity contribution in [2.75, 3.05) is 5.73 Å². The van der Waals surface area contributed by atoms with Crippen LogP contribution >= 0.6 is 0 Å². The minimum absolute atomic E-state index is 0.0629. The normalized spacial score (nSPS) is 14.1. The first kappa shape index (κ1) is 13.7. The standard InChI is InChI=1S/C16H20N4O/c1-2-11-3-5-12(6-4-11)10-20(13-7-8-13)16(21)15-14(17)9-18-19-15/h3-6,9,13H,2,7-8,10,17H2,1H3,(H,18,19). The lowest BCUT2D eigenvalue weighted by Crippen LogP contribution is -2.33. The van der Waals surface area contributed by atoms with Crippen LogP contribution < -0.4 is 5.73 Å². The number of amides is 1. The molecule has 0 unspecified atom stereocenters. The van der Waals surface area contributed by atoms with Crippen molar-refractivity contribution >= 4 is 11.6 Å². The van der Waals surface area contributed by atoms with E-state index in [9.17, 15) is 4.79 Å². The highest BCUT2D eigenvalue weighted by Gasteiger charge is 2.34. The molecule has 1 heterocycles. The van der Waals surface area contributed by atoms with Gasteiger partial charge in [-0.15, -0.1) is 0 Å². The van der Waals surface area contributed by atoms with Crippen molar-refractivity contribution in [2.24, 2.45) is 0 Å². The maximum absolute atomic E-state index is 12.6. The van der Waals surface area contributed by atoms with Crippen molar-refractivity contribution in [2.45, 2.75) is 38.8 Å². The summed E-state index contributed by atoms with van der Waals surface area (Å²) >= 11 is 0. The monoisotopic (exact) mass is 284 g/mol. The van der Waals surface area contributed by atoms with E-state index in [2.05, 4.69) is 41.4 Å². The maximum atomic E-state index is 12.6. The lowest BCUT2D eigenvalue weighted by Gasteiger charge is -2.22. The number of hydrogen-bond donors (Lipinski definition) is 2.